The van der Waals surface area contributed by atoms with Crippen LogP contribution in [0.25, 0.3) is 5.69 Å². The number of rotatable bonds is 11. The summed E-state index contributed by atoms with van der Waals surface area (Å²) in [6.45, 7) is -0.0561. The van der Waals surface area contributed by atoms with Crippen molar-refractivity contribution >= 4 is 52.2 Å². The van der Waals surface area contributed by atoms with E-state index in [0.29, 0.717) is 39.6 Å². The van der Waals surface area contributed by atoms with Gasteiger partial charge < -0.3 is 14.8 Å². The molecule has 240 valence electrons. The zero-order valence-corrected chi connectivity index (χ0v) is 27.6. The lowest BCUT2D eigenvalue weighted by atomic mass is 9.99. The molecule has 47 heavy (non-hydrogen) atoms. The molecule has 1 atom stereocenters. The number of carbonyl (C=O) groups excluding carboxylic acids is 2. The highest BCUT2D eigenvalue weighted by molar-refractivity contribution is 7.99. The first kappa shape index (κ1) is 32.2. The zero-order valence-electron chi connectivity index (χ0n) is 25.2. The normalized spacial score (nSPS) is 14.2. The molecule has 1 aliphatic heterocycles. The maximum absolute atomic E-state index is 14.2. The smallest absolute Gasteiger partial charge is 0.254 e. The van der Waals surface area contributed by atoms with Crippen molar-refractivity contribution in [2.24, 2.45) is 5.10 Å². The molecule has 0 fully saturated rings. The molecule has 1 unspecified atom stereocenters. The van der Waals surface area contributed by atoms with E-state index in [-0.39, 0.29) is 23.8 Å². The number of methoxy groups -OCH3 is 2. The number of amides is 2. The first-order chi connectivity index (χ1) is 22.9. The molecule has 5 aromatic rings. The molecule has 0 aliphatic carbocycles. The summed E-state index contributed by atoms with van der Waals surface area (Å²) < 4.78 is 27.2. The molecule has 6 rings (SSSR count). The molecule has 14 heteroatoms. The minimum Gasteiger partial charge on any atom is -0.493 e. The maximum atomic E-state index is 14.2. The van der Waals surface area contributed by atoms with Gasteiger partial charge in [0.2, 0.25) is 0 Å². The monoisotopic (exact) mass is 690 g/mol. The van der Waals surface area contributed by atoms with E-state index in [1.165, 1.54) is 35.0 Å². The van der Waals surface area contributed by atoms with E-state index in [9.17, 15) is 14.0 Å². The number of carbonyl (C=O) groups is 2. The number of benzene rings is 3. The van der Waals surface area contributed by atoms with Crippen molar-refractivity contribution in [3.63, 3.8) is 0 Å². The molecule has 2 aromatic heterocycles. The number of thiophene rings is 1. The number of halogens is 2. The number of para-hydroxylation sites is 1. The number of hydrogen-bond acceptors (Lipinski definition) is 9. The molecule has 0 saturated heterocycles. The van der Waals surface area contributed by atoms with Crippen molar-refractivity contribution < 1.29 is 23.5 Å². The van der Waals surface area contributed by atoms with Crippen LogP contribution in [0.4, 0.5) is 4.39 Å². The Morgan fingerprint density at radius 2 is 1.87 bits per heavy atom. The summed E-state index contributed by atoms with van der Waals surface area (Å²) in [5, 5.41) is 20.5. The van der Waals surface area contributed by atoms with Gasteiger partial charge in [-0.2, -0.15) is 5.10 Å². The van der Waals surface area contributed by atoms with Crippen molar-refractivity contribution in [3.05, 3.63) is 117 Å². The first-order valence-electron chi connectivity index (χ1n) is 14.4. The Balaban J connectivity index is 1.27. The van der Waals surface area contributed by atoms with E-state index >= 15 is 0 Å². The Morgan fingerprint density at radius 3 is 2.62 bits per heavy atom. The lowest BCUT2D eigenvalue weighted by molar-refractivity contribution is -0.130. The minimum absolute atomic E-state index is 0.0235. The molecule has 1 N–H and O–H groups in total. The predicted octanol–water partition coefficient (Wildman–Crippen LogP) is 6.54. The first-order valence-corrected chi connectivity index (χ1v) is 16.6. The van der Waals surface area contributed by atoms with E-state index in [2.05, 4.69) is 15.5 Å². The third-order valence-electron chi connectivity index (χ3n) is 7.38. The molecule has 0 radical (unpaired) electrons. The summed E-state index contributed by atoms with van der Waals surface area (Å²) in [7, 11) is 3.14. The molecule has 0 bridgehead atoms. The second-order valence-corrected chi connectivity index (χ2v) is 12.6. The largest absolute Gasteiger partial charge is 0.493 e. The molecule has 10 nitrogen and oxygen atoms in total. The van der Waals surface area contributed by atoms with Gasteiger partial charge in [-0.25, -0.2) is 9.40 Å². The Labute approximate surface area is 283 Å². The second kappa shape index (κ2) is 14.4. The Morgan fingerprint density at radius 1 is 1.04 bits per heavy atom. The molecule has 3 aromatic carbocycles. The topological polar surface area (TPSA) is 111 Å². The van der Waals surface area contributed by atoms with Crippen molar-refractivity contribution in [2.75, 3.05) is 20.0 Å². The highest BCUT2D eigenvalue weighted by Crippen LogP contribution is 2.42. The third kappa shape index (κ3) is 6.87. The van der Waals surface area contributed by atoms with Gasteiger partial charge in [0.25, 0.3) is 11.8 Å². The van der Waals surface area contributed by atoms with Gasteiger partial charge in [0.15, 0.2) is 22.5 Å². The van der Waals surface area contributed by atoms with Gasteiger partial charge in [0.1, 0.15) is 5.82 Å². The summed E-state index contributed by atoms with van der Waals surface area (Å²) in [6, 6.07) is 21.8. The van der Waals surface area contributed by atoms with E-state index in [4.69, 9.17) is 26.2 Å². The Hall–Kier alpha value is -4.72. The van der Waals surface area contributed by atoms with Crippen molar-refractivity contribution in [3.8, 4) is 17.2 Å². The van der Waals surface area contributed by atoms with Gasteiger partial charge in [-0.3, -0.25) is 14.2 Å². The Kier molecular flexibility index (Phi) is 9.85. The van der Waals surface area contributed by atoms with Crippen LogP contribution in [-0.4, -0.2) is 57.3 Å². The average Bonchev–Trinajstić information content (AvgIpc) is 3.86. The van der Waals surface area contributed by atoms with Gasteiger partial charge in [-0.05, 0) is 47.8 Å². The Bertz CT molecular complexity index is 1950. The number of hydrazone groups is 1. The van der Waals surface area contributed by atoms with Gasteiger partial charge >= 0.3 is 0 Å². The van der Waals surface area contributed by atoms with Crippen LogP contribution in [0, 0.1) is 5.82 Å². The van der Waals surface area contributed by atoms with Crippen LogP contribution < -0.4 is 14.8 Å². The standard InChI is InChI=1S/C33H28ClFN6O4S2/c1-44-27-13-6-11-23(31(27)45-2)26-17-25(28-14-7-15-46-28)39-41(26)30(42)19-47-33-38-37-29(40(33)21-9-5-8-20(34)16-21)18-36-32(43)22-10-3-4-12-24(22)35/h3-16,26H,17-19H2,1-2H3,(H,36,43). The summed E-state index contributed by atoms with van der Waals surface area (Å²) in [5.41, 5.74) is 2.11. The predicted molar refractivity (Wildman–Crippen MR) is 179 cm³/mol. The summed E-state index contributed by atoms with van der Waals surface area (Å²) in [6.07, 6.45) is 0.491. The average molecular weight is 691 g/mol. The molecule has 1 aliphatic rings. The molecule has 0 saturated carbocycles. The molecular weight excluding hydrogens is 663 g/mol. The number of ether oxygens (including phenoxy) is 2. The van der Waals surface area contributed by atoms with Crippen LogP contribution in [0.5, 0.6) is 11.5 Å². The SMILES string of the molecule is COc1cccc(C2CC(c3cccs3)=NN2C(=O)CSc2nnc(CNC(=O)c3ccccc3F)n2-c2cccc(Cl)c2)c1OC. The van der Waals surface area contributed by atoms with E-state index in [1.54, 1.807) is 60.5 Å². The number of nitrogens with one attached hydrogen (secondary N) is 1. The summed E-state index contributed by atoms with van der Waals surface area (Å²) in [5.74, 6) is -0.0501. The van der Waals surface area contributed by atoms with Crippen LogP contribution >= 0.6 is 34.7 Å². The summed E-state index contributed by atoms with van der Waals surface area (Å²) >= 11 is 9.04. The van der Waals surface area contributed by atoms with Crippen LogP contribution in [0.1, 0.15) is 39.1 Å². The van der Waals surface area contributed by atoms with Gasteiger partial charge in [-0.15, -0.1) is 21.5 Å². The molecule has 0 spiro atoms. The highest BCUT2D eigenvalue weighted by atomic mass is 35.5. The maximum Gasteiger partial charge on any atom is 0.254 e. The van der Waals surface area contributed by atoms with Crippen LogP contribution in [0.2, 0.25) is 5.02 Å². The number of aromatic nitrogens is 3. The minimum atomic E-state index is -0.632. The van der Waals surface area contributed by atoms with Crippen molar-refractivity contribution in [2.45, 2.75) is 24.2 Å². The van der Waals surface area contributed by atoms with Crippen LogP contribution in [0.15, 0.2) is 94.5 Å². The van der Waals surface area contributed by atoms with E-state index in [1.807, 2.05) is 35.7 Å². The summed E-state index contributed by atoms with van der Waals surface area (Å²) in [4.78, 5) is 27.7. The van der Waals surface area contributed by atoms with Gasteiger partial charge in [0, 0.05) is 17.0 Å². The molecular formula is C33H28ClFN6O4S2. The van der Waals surface area contributed by atoms with Gasteiger partial charge in [-0.1, -0.05) is 59.8 Å². The zero-order chi connectivity index (χ0) is 32.9. The number of thioether (sulfide) groups is 1. The van der Waals surface area contributed by atoms with Crippen molar-refractivity contribution in [1.82, 2.24) is 25.1 Å². The molecule has 2 amide bonds. The highest BCUT2D eigenvalue weighted by Gasteiger charge is 2.36. The number of nitrogens with zero attached hydrogens (tertiary/aromatic N) is 5. The lowest BCUT2D eigenvalue weighted by Crippen LogP contribution is -2.29. The fourth-order valence-corrected chi connectivity index (χ4v) is 6.95. The fourth-order valence-electron chi connectivity index (χ4n) is 5.22. The third-order valence-corrected chi connectivity index (χ3v) is 9.45. The van der Waals surface area contributed by atoms with E-state index in [0.717, 1.165) is 16.2 Å². The van der Waals surface area contributed by atoms with Crippen LogP contribution in [0.3, 0.4) is 0 Å². The molecule has 3 heterocycles. The van der Waals surface area contributed by atoms with E-state index < -0.39 is 17.8 Å². The number of hydrogen-bond donors (Lipinski definition) is 1. The quantitative estimate of drug-likeness (QED) is 0.157. The van der Waals surface area contributed by atoms with Gasteiger partial charge in [0.05, 0.1) is 54.4 Å². The lowest BCUT2D eigenvalue weighted by Gasteiger charge is -2.24. The fraction of sp³-hybridized carbons (Fsp3) is 0.182. The van der Waals surface area contributed by atoms with Crippen molar-refractivity contribution in [1.29, 1.82) is 0 Å². The van der Waals surface area contributed by atoms with Crippen LogP contribution in [-0.2, 0) is 11.3 Å². The second-order valence-electron chi connectivity index (χ2n) is 10.2.